The minimum atomic E-state index is -0.868. The van der Waals surface area contributed by atoms with Crippen LogP contribution in [0.4, 0.5) is 0 Å². The number of rotatable bonds is 4. The maximum absolute atomic E-state index is 11.6. The number of nitrogens with one attached hydrogen (secondary N) is 1. The number of fused-ring (bicyclic) bond motifs is 3. The maximum atomic E-state index is 11.6. The number of benzene rings is 2. The molecule has 1 unspecified atom stereocenters. The van der Waals surface area contributed by atoms with Crippen molar-refractivity contribution >= 4 is 38.5 Å². The molecule has 2 heterocycles. The number of halogens is 1. The van der Waals surface area contributed by atoms with Gasteiger partial charge in [0.1, 0.15) is 0 Å². The molecule has 0 saturated heterocycles. The number of aromatic amines is 1. The average molecular weight is 397 g/mol. The van der Waals surface area contributed by atoms with Crippen molar-refractivity contribution in [2.45, 2.75) is 25.3 Å². The van der Waals surface area contributed by atoms with Gasteiger partial charge >= 0.3 is 5.97 Å². The number of carboxylic acids is 1. The van der Waals surface area contributed by atoms with Gasteiger partial charge in [0, 0.05) is 21.8 Å². The maximum Gasteiger partial charge on any atom is 0.328 e. The first-order valence-corrected chi connectivity index (χ1v) is 9.05. The quantitative estimate of drug-likeness (QED) is 0.687. The molecule has 1 aliphatic rings. The lowest BCUT2D eigenvalue weighted by molar-refractivity contribution is -0.138. The number of hydrogen-bond donors (Lipinski definition) is 2. The lowest BCUT2D eigenvalue weighted by Gasteiger charge is -2.18. The molecule has 126 valence electrons. The topological polar surface area (TPSA) is 65.4 Å². The van der Waals surface area contributed by atoms with Crippen molar-refractivity contribution in [1.29, 1.82) is 0 Å². The molecule has 0 amide bonds. The van der Waals surface area contributed by atoms with Crippen LogP contribution in [0.1, 0.15) is 23.2 Å². The second-order valence-electron chi connectivity index (χ2n) is 6.29. The number of aliphatic carboxylic acids is 1. The van der Waals surface area contributed by atoms with Crippen molar-refractivity contribution in [2.75, 3.05) is 0 Å². The Morgan fingerprint density at radius 2 is 2.00 bits per heavy atom. The number of H-pyrrole nitrogens is 1. The third-order valence-electron chi connectivity index (χ3n) is 4.64. The van der Waals surface area contributed by atoms with E-state index in [1.54, 1.807) is 0 Å². The summed E-state index contributed by atoms with van der Waals surface area (Å²) in [5, 5.41) is 10.6. The highest BCUT2D eigenvalue weighted by Crippen LogP contribution is 2.31. The van der Waals surface area contributed by atoms with Gasteiger partial charge in [0.05, 0.1) is 11.4 Å². The van der Waals surface area contributed by atoms with Crippen LogP contribution in [0.5, 0.6) is 0 Å². The molecule has 1 aliphatic heterocycles. The number of hydrogen-bond acceptors (Lipinski definition) is 2. The van der Waals surface area contributed by atoms with Gasteiger partial charge in [-0.25, -0.2) is 4.79 Å². The van der Waals surface area contributed by atoms with Crippen molar-refractivity contribution in [3.63, 3.8) is 0 Å². The molecule has 0 saturated carbocycles. The second kappa shape index (κ2) is 6.48. The Labute approximate surface area is 153 Å². The van der Waals surface area contributed by atoms with Crippen molar-refractivity contribution in [3.8, 4) is 0 Å². The van der Waals surface area contributed by atoms with Crippen molar-refractivity contribution in [1.82, 2.24) is 4.98 Å². The Hall–Kier alpha value is -2.40. The van der Waals surface area contributed by atoms with Crippen LogP contribution in [0.15, 0.2) is 58.0 Å². The van der Waals surface area contributed by atoms with Gasteiger partial charge < -0.3 is 10.1 Å². The molecule has 5 heteroatoms. The van der Waals surface area contributed by atoms with Crippen molar-refractivity contribution < 1.29 is 9.90 Å². The third-order valence-corrected chi connectivity index (χ3v) is 5.14. The molecular formula is C20H17BrN2O2. The van der Waals surface area contributed by atoms with E-state index in [2.05, 4.69) is 38.0 Å². The van der Waals surface area contributed by atoms with Crippen LogP contribution < -0.4 is 0 Å². The summed E-state index contributed by atoms with van der Waals surface area (Å²) in [4.78, 5) is 19.6. The van der Waals surface area contributed by atoms with Crippen LogP contribution in [0, 0.1) is 0 Å². The lowest BCUT2D eigenvalue weighted by atomic mass is 9.94. The molecule has 1 atom stereocenters. The van der Waals surface area contributed by atoms with E-state index in [0.29, 0.717) is 6.42 Å². The molecule has 4 nitrogen and oxygen atoms in total. The van der Waals surface area contributed by atoms with Crippen LogP contribution in [-0.4, -0.2) is 27.8 Å². The predicted molar refractivity (Wildman–Crippen MR) is 102 cm³/mol. The molecule has 1 aromatic heterocycles. The summed E-state index contributed by atoms with van der Waals surface area (Å²) in [6, 6.07) is 15.5. The van der Waals surface area contributed by atoms with Crippen LogP contribution in [0.2, 0.25) is 0 Å². The van der Waals surface area contributed by atoms with Crippen molar-refractivity contribution in [2.24, 2.45) is 4.99 Å². The summed E-state index contributed by atoms with van der Waals surface area (Å²) in [7, 11) is 0. The van der Waals surface area contributed by atoms with E-state index in [1.165, 1.54) is 5.56 Å². The summed E-state index contributed by atoms with van der Waals surface area (Å²) in [6.45, 7) is 0. The molecule has 3 aromatic rings. The molecule has 0 bridgehead atoms. The van der Waals surface area contributed by atoms with Gasteiger partial charge in [-0.1, -0.05) is 46.3 Å². The summed E-state index contributed by atoms with van der Waals surface area (Å²) in [5.74, 6) is -0.868. The van der Waals surface area contributed by atoms with E-state index in [1.807, 2.05) is 36.4 Å². The van der Waals surface area contributed by atoms with Crippen LogP contribution >= 0.6 is 15.9 Å². The predicted octanol–water partition coefficient (Wildman–Crippen LogP) is 4.36. The van der Waals surface area contributed by atoms with E-state index < -0.39 is 12.0 Å². The highest BCUT2D eigenvalue weighted by Gasteiger charge is 2.28. The molecule has 2 aromatic carbocycles. The standard InChI is InChI=1S/C20H17BrN2O2/c21-13-7-9-16-14(10-13)15-11-18(20(24)25)22-17(19(15)23-16)8-6-12-4-2-1-3-5-12/h1-5,7,9-10,18,23H,6,8,11H2,(H,24,25). The fourth-order valence-electron chi connectivity index (χ4n) is 3.41. The number of aromatic nitrogens is 1. The molecule has 25 heavy (non-hydrogen) atoms. The molecule has 0 spiro atoms. The first kappa shape index (κ1) is 16.1. The molecule has 4 rings (SSSR count). The largest absolute Gasteiger partial charge is 0.480 e. The first-order chi connectivity index (χ1) is 12.1. The molecular weight excluding hydrogens is 380 g/mol. The Morgan fingerprint density at radius 1 is 1.20 bits per heavy atom. The Morgan fingerprint density at radius 3 is 2.76 bits per heavy atom. The normalized spacial score (nSPS) is 16.5. The van der Waals surface area contributed by atoms with Gasteiger partial charge in [0.25, 0.3) is 0 Å². The Kier molecular flexibility index (Phi) is 4.17. The summed E-state index contributed by atoms with van der Waals surface area (Å²) in [5.41, 5.74) is 5.14. The van der Waals surface area contributed by atoms with Gasteiger partial charge in [0.2, 0.25) is 0 Å². The highest BCUT2D eigenvalue weighted by atomic mass is 79.9. The average Bonchev–Trinajstić information content (AvgIpc) is 2.98. The van der Waals surface area contributed by atoms with Gasteiger partial charge in [-0.2, -0.15) is 0 Å². The number of nitrogens with zero attached hydrogens (tertiary/aromatic N) is 1. The minimum Gasteiger partial charge on any atom is -0.480 e. The Bertz CT molecular complexity index is 976. The summed E-state index contributed by atoms with van der Waals surface area (Å²) >= 11 is 3.51. The van der Waals surface area contributed by atoms with Gasteiger partial charge in [-0.05, 0) is 42.2 Å². The Balaban J connectivity index is 1.74. The number of carbonyl (C=O) groups is 1. The first-order valence-electron chi connectivity index (χ1n) is 8.25. The molecule has 2 N–H and O–H groups in total. The smallest absolute Gasteiger partial charge is 0.328 e. The summed E-state index contributed by atoms with van der Waals surface area (Å²) in [6.07, 6.45) is 1.98. The SMILES string of the molecule is O=C(O)C1Cc2c([nH]c3ccc(Br)cc23)C(CCc2ccccc2)=N1. The zero-order valence-corrected chi connectivity index (χ0v) is 15.1. The lowest BCUT2D eigenvalue weighted by Crippen LogP contribution is -2.28. The molecule has 0 aliphatic carbocycles. The number of aryl methyl sites for hydroxylation is 1. The molecule has 0 radical (unpaired) electrons. The van der Waals surface area contributed by atoms with Gasteiger partial charge in [0.15, 0.2) is 6.04 Å². The van der Waals surface area contributed by atoms with E-state index in [0.717, 1.165) is 45.2 Å². The van der Waals surface area contributed by atoms with E-state index in [-0.39, 0.29) is 0 Å². The second-order valence-corrected chi connectivity index (χ2v) is 7.20. The number of carboxylic acid groups (broad SMARTS) is 1. The highest BCUT2D eigenvalue weighted by molar-refractivity contribution is 9.10. The third kappa shape index (κ3) is 3.12. The van der Waals surface area contributed by atoms with E-state index >= 15 is 0 Å². The van der Waals surface area contributed by atoms with Crippen LogP contribution in [0.3, 0.4) is 0 Å². The fraction of sp³-hybridized carbons (Fsp3) is 0.200. The van der Waals surface area contributed by atoms with Gasteiger partial charge in [-0.15, -0.1) is 0 Å². The van der Waals surface area contributed by atoms with Crippen LogP contribution in [-0.2, 0) is 17.6 Å². The zero-order valence-electron chi connectivity index (χ0n) is 13.5. The van der Waals surface area contributed by atoms with Gasteiger partial charge in [-0.3, -0.25) is 4.99 Å². The number of aliphatic imine (C=N–C) groups is 1. The molecule has 0 fully saturated rings. The monoisotopic (exact) mass is 396 g/mol. The van der Waals surface area contributed by atoms with E-state index in [4.69, 9.17) is 0 Å². The van der Waals surface area contributed by atoms with Crippen molar-refractivity contribution in [3.05, 3.63) is 69.8 Å². The fourth-order valence-corrected chi connectivity index (χ4v) is 3.77. The summed E-state index contributed by atoms with van der Waals surface area (Å²) < 4.78 is 0.988. The zero-order chi connectivity index (χ0) is 17.4. The van der Waals surface area contributed by atoms with Crippen LogP contribution in [0.25, 0.3) is 10.9 Å². The van der Waals surface area contributed by atoms with E-state index in [9.17, 15) is 9.90 Å². The minimum absolute atomic E-state index is 0.427.